The van der Waals surface area contributed by atoms with E-state index in [1.54, 1.807) is 4.42 Å². The van der Waals surface area contributed by atoms with E-state index >= 15 is 0 Å². The number of benzene rings is 1. The molecule has 2 nitrogen and oxygen atoms in total. The summed E-state index contributed by atoms with van der Waals surface area (Å²) >= 11 is 17.7. The van der Waals surface area contributed by atoms with Crippen molar-refractivity contribution in [2.45, 2.75) is 0 Å². The molecule has 1 fully saturated rings. The van der Waals surface area contributed by atoms with Crippen molar-refractivity contribution in [3.8, 4) is 0 Å². The van der Waals surface area contributed by atoms with Gasteiger partial charge in [0.25, 0.3) is 0 Å². The first-order valence-electron chi connectivity index (χ1n) is 4.77. The summed E-state index contributed by atoms with van der Waals surface area (Å²) in [5.74, 6) is 0. The second kappa shape index (κ2) is 4.79. The third kappa shape index (κ3) is 2.70. The van der Waals surface area contributed by atoms with Crippen LogP contribution in [0.5, 0.6) is 0 Å². The summed E-state index contributed by atoms with van der Waals surface area (Å²) in [6, 6.07) is 5.71. The van der Waals surface area contributed by atoms with E-state index in [0.717, 1.165) is 31.9 Å². The molecular formula is C10H11Cl3N2. The first-order valence-corrected chi connectivity index (χ1v) is 5.87. The zero-order valence-electron chi connectivity index (χ0n) is 8.09. The van der Waals surface area contributed by atoms with Crippen LogP contribution in [-0.4, -0.2) is 30.6 Å². The number of rotatable bonds is 1. The number of hydrogen-bond acceptors (Lipinski definition) is 2. The minimum atomic E-state index is 0.594. The first-order chi connectivity index (χ1) is 7.16. The molecule has 0 radical (unpaired) electrons. The second-order valence-electron chi connectivity index (χ2n) is 3.50. The highest BCUT2D eigenvalue weighted by Crippen LogP contribution is 2.27. The Kier molecular flexibility index (Phi) is 3.62. The van der Waals surface area contributed by atoms with Gasteiger partial charge in [-0.2, -0.15) is 0 Å². The van der Waals surface area contributed by atoms with Crippen LogP contribution >= 0.6 is 35.0 Å². The van der Waals surface area contributed by atoms with Gasteiger partial charge in [0.15, 0.2) is 0 Å². The fourth-order valence-corrected chi connectivity index (χ4v) is 2.07. The van der Waals surface area contributed by atoms with Crippen LogP contribution in [0.2, 0.25) is 10.0 Å². The van der Waals surface area contributed by atoms with Gasteiger partial charge >= 0.3 is 0 Å². The standard InChI is InChI=1S/C10H11Cl3N2/c11-9-2-1-8(7-10(9)12)14-3-5-15(13)6-4-14/h1-2,7H,3-6H2. The lowest BCUT2D eigenvalue weighted by atomic mass is 10.2. The largest absolute Gasteiger partial charge is 0.369 e. The maximum atomic E-state index is 5.97. The lowest BCUT2D eigenvalue weighted by Gasteiger charge is -2.32. The van der Waals surface area contributed by atoms with E-state index in [0.29, 0.717) is 10.0 Å². The minimum absolute atomic E-state index is 0.594. The predicted octanol–water partition coefficient (Wildman–Crippen LogP) is 3.27. The molecule has 0 aliphatic carbocycles. The Bertz CT molecular complexity index is 349. The van der Waals surface area contributed by atoms with Crippen LogP contribution < -0.4 is 4.90 Å². The minimum Gasteiger partial charge on any atom is -0.369 e. The average molecular weight is 266 g/mol. The highest BCUT2D eigenvalue weighted by atomic mass is 35.5. The van der Waals surface area contributed by atoms with Gasteiger partial charge in [0.1, 0.15) is 0 Å². The molecule has 1 aliphatic rings. The molecule has 0 unspecified atom stereocenters. The van der Waals surface area contributed by atoms with E-state index in [-0.39, 0.29) is 0 Å². The molecule has 1 aromatic rings. The first kappa shape index (κ1) is 11.3. The molecular weight excluding hydrogens is 254 g/mol. The van der Waals surface area contributed by atoms with E-state index in [1.165, 1.54) is 0 Å². The van der Waals surface area contributed by atoms with E-state index in [4.69, 9.17) is 35.0 Å². The number of hydrogen-bond donors (Lipinski definition) is 0. The van der Waals surface area contributed by atoms with Crippen LogP contribution in [0.1, 0.15) is 0 Å². The van der Waals surface area contributed by atoms with Crippen LogP contribution in [0.15, 0.2) is 18.2 Å². The van der Waals surface area contributed by atoms with Gasteiger partial charge in [0.05, 0.1) is 10.0 Å². The topological polar surface area (TPSA) is 6.48 Å². The van der Waals surface area contributed by atoms with E-state index in [9.17, 15) is 0 Å². The molecule has 82 valence electrons. The van der Waals surface area contributed by atoms with Crippen molar-refractivity contribution < 1.29 is 0 Å². The molecule has 0 amide bonds. The zero-order chi connectivity index (χ0) is 10.8. The fraction of sp³-hybridized carbons (Fsp3) is 0.400. The van der Waals surface area contributed by atoms with Crippen molar-refractivity contribution >= 4 is 40.7 Å². The number of nitrogens with zero attached hydrogens (tertiary/aromatic N) is 2. The van der Waals surface area contributed by atoms with Crippen molar-refractivity contribution in [2.75, 3.05) is 31.1 Å². The zero-order valence-corrected chi connectivity index (χ0v) is 10.4. The highest BCUT2D eigenvalue weighted by molar-refractivity contribution is 6.42. The number of anilines is 1. The fourth-order valence-electron chi connectivity index (χ4n) is 1.62. The van der Waals surface area contributed by atoms with Crippen LogP contribution in [-0.2, 0) is 0 Å². The van der Waals surface area contributed by atoms with Gasteiger partial charge in [-0.25, -0.2) is 4.42 Å². The smallest absolute Gasteiger partial charge is 0.0612 e. The molecule has 1 aromatic carbocycles. The monoisotopic (exact) mass is 264 g/mol. The van der Waals surface area contributed by atoms with Gasteiger partial charge < -0.3 is 4.90 Å². The van der Waals surface area contributed by atoms with E-state index in [1.807, 2.05) is 18.2 Å². The molecule has 2 rings (SSSR count). The molecule has 5 heteroatoms. The van der Waals surface area contributed by atoms with Crippen molar-refractivity contribution in [2.24, 2.45) is 0 Å². The van der Waals surface area contributed by atoms with Crippen LogP contribution in [0.4, 0.5) is 5.69 Å². The molecule has 15 heavy (non-hydrogen) atoms. The molecule has 0 N–H and O–H groups in total. The molecule has 0 spiro atoms. The normalized spacial score (nSPS) is 18.2. The maximum Gasteiger partial charge on any atom is 0.0612 e. The van der Waals surface area contributed by atoms with Crippen molar-refractivity contribution in [1.82, 2.24) is 4.42 Å². The van der Waals surface area contributed by atoms with E-state index < -0.39 is 0 Å². The summed E-state index contributed by atoms with van der Waals surface area (Å²) in [4.78, 5) is 2.25. The van der Waals surface area contributed by atoms with Gasteiger partial charge in [-0.1, -0.05) is 23.2 Å². The van der Waals surface area contributed by atoms with Gasteiger partial charge in [-0.3, -0.25) is 0 Å². The lowest BCUT2D eigenvalue weighted by Crippen LogP contribution is -2.42. The number of halogens is 3. The highest BCUT2D eigenvalue weighted by Gasteiger charge is 2.15. The van der Waals surface area contributed by atoms with Gasteiger partial charge in [-0.05, 0) is 30.0 Å². The molecule has 1 heterocycles. The maximum absolute atomic E-state index is 5.97. The third-order valence-corrected chi connectivity index (χ3v) is 3.57. The summed E-state index contributed by atoms with van der Waals surface area (Å²) in [5.41, 5.74) is 1.11. The summed E-state index contributed by atoms with van der Waals surface area (Å²) < 4.78 is 1.80. The summed E-state index contributed by atoms with van der Waals surface area (Å²) in [7, 11) is 0. The molecule has 0 aromatic heterocycles. The Morgan fingerprint density at radius 1 is 0.933 bits per heavy atom. The second-order valence-corrected chi connectivity index (χ2v) is 4.79. The van der Waals surface area contributed by atoms with Crippen LogP contribution in [0.25, 0.3) is 0 Å². The Morgan fingerprint density at radius 2 is 1.60 bits per heavy atom. The summed E-state index contributed by atoms with van der Waals surface area (Å²) in [6.45, 7) is 3.56. The van der Waals surface area contributed by atoms with Crippen LogP contribution in [0, 0.1) is 0 Å². The average Bonchev–Trinajstić information content (AvgIpc) is 2.23. The molecule has 0 saturated carbocycles. The van der Waals surface area contributed by atoms with E-state index in [2.05, 4.69) is 4.90 Å². The molecule has 0 bridgehead atoms. The summed E-state index contributed by atoms with van der Waals surface area (Å²) in [5, 5.41) is 1.19. The Morgan fingerprint density at radius 3 is 2.20 bits per heavy atom. The van der Waals surface area contributed by atoms with Gasteiger partial charge in [0, 0.05) is 31.9 Å². The SMILES string of the molecule is Clc1ccc(N2CCN(Cl)CC2)cc1Cl. The van der Waals surface area contributed by atoms with Gasteiger partial charge in [0.2, 0.25) is 0 Å². The quantitative estimate of drug-likeness (QED) is 0.719. The Balaban J connectivity index is 2.12. The Hall–Kier alpha value is -0.150. The lowest BCUT2D eigenvalue weighted by molar-refractivity contribution is 0.416. The van der Waals surface area contributed by atoms with Gasteiger partial charge in [-0.15, -0.1) is 0 Å². The van der Waals surface area contributed by atoms with Crippen LogP contribution in [0.3, 0.4) is 0 Å². The summed E-state index contributed by atoms with van der Waals surface area (Å²) in [6.07, 6.45) is 0. The predicted molar refractivity (Wildman–Crippen MR) is 66.1 cm³/mol. The van der Waals surface area contributed by atoms with Crippen molar-refractivity contribution in [3.63, 3.8) is 0 Å². The number of piperazine rings is 1. The Labute approximate surface area is 104 Å². The van der Waals surface area contributed by atoms with Crippen molar-refractivity contribution in [1.29, 1.82) is 0 Å². The molecule has 1 aliphatic heterocycles. The molecule has 1 saturated heterocycles. The third-order valence-electron chi connectivity index (χ3n) is 2.49. The molecule has 0 atom stereocenters. The van der Waals surface area contributed by atoms with Crippen molar-refractivity contribution in [3.05, 3.63) is 28.2 Å².